The number of nitrogens with one attached hydrogen (secondary N) is 2. The van der Waals surface area contributed by atoms with Crippen molar-refractivity contribution in [3.63, 3.8) is 0 Å². The molecule has 0 fully saturated rings. The first-order chi connectivity index (χ1) is 11.3. The van der Waals surface area contributed by atoms with E-state index in [-0.39, 0.29) is 12.5 Å². The molecular weight excluding hydrogens is 292 g/mol. The zero-order valence-corrected chi connectivity index (χ0v) is 12.4. The van der Waals surface area contributed by atoms with Crippen molar-refractivity contribution in [2.75, 3.05) is 11.9 Å². The van der Waals surface area contributed by atoms with Crippen LogP contribution in [-0.2, 0) is 6.42 Å². The molecule has 116 valence electrons. The highest BCUT2D eigenvalue weighted by Gasteiger charge is 2.09. The summed E-state index contributed by atoms with van der Waals surface area (Å²) in [5.41, 5.74) is 3.08. The Labute approximate surface area is 133 Å². The third-order valence-electron chi connectivity index (χ3n) is 3.43. The smallest absolute Gasteiger partial charge is 0.255 e. The van der Waals surface area contributed by atoms with E-state index >= 15 is 0 Å². The lowest BCUT2D eigenvalue weighted by molar-refractivity contribution is 0.102. The first-order valence-electron chi connectivity index (χ1n) is 7.23. The SMILES string of the molecule is O=C(Nc1ccc(CCO)cc1)c1cccc(-c2ncn[nH]2)c1. The van der Waals surface area contributed by atoms with Crippen molar-refractivity contribution in [2.45, 2.75) is 6.42 Å². The first kappa shape index (κ1) is 14.9. The molecule has 1 heterocycles. The van der Waals surface area contributed by atoms with Crippen LogP contribution in [0.3, 0.4) is 0 Å². The highest BCUT2D eigenvalue weighted by atomic mass is 16.3. The van der Waals surface area contributed by atoms with E-state index in [2.05, 4.69) is 20.5 Å². The molecule has 0 radical (unpaired) electrons. The summed E-state index contributed by atoms with van der Waals surface area (Å²) in [6, 6.07) is 14.6. The van der Waals surface area contributed by atoms with Gasteiger partial charge in [0.1, 0.15) is 6.33 Å². The van der Waals surface area contributed by atoms with Crippen LogP contribution in [0.25, 0.3) is 11.4 Å². The van der Waals surface area contributed by atoms with Gasteiger partial charge < -0.3 is 10.4 Å². The Morgan fingerprint density at radius 3 is 2.70 bits per heavy atom. The van der Waals surface area contributed by atoms with Crippen molar-refractivity contribution >= 4 is 11.6 Å². The maximum Gasteiger partial charge on any atom is 0.255 e. The number of aromatic amines is 1. The molecule has 0 unspecified atom stereocenters. The minimum absolute atomic E-state index is 0.111. The summed E-state index contributed by atoms with van der Waals surface area (Å²) in [7, 11) is 0. The monoisotopic (exact) mass is 308 g/mol. The van der Waals surface area contributed by atoms with Gasteiger partial charge in [-0.2, -0.15) is 5.10 Å². The molecule has 0 saturated heterocycles. The predicted molar refractivity (Wildman–Crippen MR) is 87.0 cm³/mol. The molecule has 0 atom stereocenters. The molecule has 23 heavy (non-hydrogen) atoms. The van der Waals surface area contributed by atoms with Gasteiger partial charge in [0.2, 0.25) is 0 Å². The van der Waals surface area contributed by atoms with Crippen LogP contribution in [0.4, 0.5) is 5.69 Å². The summed E-state index contributed by atoms with van der Waals surface area (Å²) >= 11 is 0. The number of aliphatic hydroxyl groups excluding tert-OH is 1. The average Bonchev–Trinajstić information content (AvgIpc) is 3.12. The van der Waals surface area contributed by atoms with E-state index in [1.807, 2.05) is 30.3 Å². The highest BCUT2D eigenvalue weighted by Crippen LogP contribution is 2.17. The molecular formula is C17H16N4O2. The lowest BCUT2D eigenvalue weighted by Crippen LogP contribution is -2.12. The van der Waals surface area contributed by atoms with Gasteiger partial charge in [-0.3, -0.25) is 9.89 Å². The Morgan fingerprint density at radius 2 is 2.00 bits per heavy atom. The molecule has 3 rings (SSSR count). The minimum atomic E-state index is -0.193. The van der Waals surface area contributed by atoms with Gasteiger partial charge in [-0.1, -0.05) is 24.3 Å². The summed E-state index contributed by atoms with van der Waals surface area (Å²) in [6.45, 7) is 0.111. The quantitative estimate of drug-likeness (QED) is 0.674. The molecule has 6 nitrogen and oxygen atoms in total. The van der Waals surface area contributed by atoms with Gasteiger partial charge in [0, 0.05) is 23.4 Å². The van der Waals surface area contributed by atoms with Gasteiger partial charge in [-0.05, 0) is 36.2 Å². The van der Waals surface area contributed by atoms with E-state index in [0.717, 1.165) is 11.1 Å². The van der Waals surface area contributed by atoms with E-state index in [9.17, 15) is 4.79 Å². The number of rotatable bonds is 5. The van der Waals surface area contributed by atoms with E-state index in [4.69, 9.17) is 5.11 Å². The van der Waals surface area contributed by atoms with E-state index < -0.39 is 0 Å². The fourth-order valence-corrected chi connectivity index (χ4v) is 2.24. The maximum atomic E-state index is 12.3. The van der Waals surface area contributed by atoms with Gasteiger partial charge in [-0.25, -0.2) is 4.98 Å². The molecule has 6 heteroatoms. The van der Waals surface area contributed by atoms with Crippen LogP contribution < -0.4 is 5.32 Å². The van der Waals surface area contributed by atoms with Gasteiger partial charge in [0.05, 0.1) is 0 Å². The van der Waals surface area contributed by atoms with Crippen molar-refractivity contribution in [1.29, 1.82) is 0 Å². The number of amides is 1. The van der Waals surface area contributed by atoms with Gasteiger partial charge in [0.15, 0.2) is 5.82 Å². The Hall–Kier alpha value is -2.99. The Balaban J connectivity index is 1.74. The first-order valence-corrected chi connectivity index (χ1v) is 7.23. The number of anilines is 1. The highest BCUT2D eigenvalue weighted by molar-refractivity contribution is 6.04. The summed E-state index contributed by atoms with van der Waals surface area (Å²) in [6.07, 6.45) is 2.03. The number of carbonyl (C=O) groups excluding carboxylic acids is 1. The number of carbonyl (C=O) groups is 1. The van der Waals surface area contributed by atoms with Gasteiger partial charge >= 0.3 is 0 Å². The molecule has 0 spiro atoms. The van der Waals surface area contributed by atoms with E-state index in [1.54, 1.807) is 18.2 Å². The van der Waals surface area contributed by atoms with E-state index in [0.29, 0.717) is 23.5 Å². The number of nitrogens with zero attached hydrogens (tertiary/aromatic N) is 2. The fourth-order valence-electron chi connectivity index (χ4n) is 2.24. The summed E-state index contributed by atoms with van der Waals surface area (Å²) in [5, 5.41) is 18.3. The molecule has 1 aromatic heterocycles. The number of H-pyrrole nitrogens is 1. The molecule has 1 amide bonds. The second-order valence-corrected chi connectivity index (χ2v) is 5.04. The fraction of sp³-hybridized carbons (Fsp3) is 0.118. The minimum Gasteiger partial charge on any atom is -0.396 e. The van der Waals surface area contributed by atoms with Crippen LogP contribution in [0.15, 0.2) is 54.9 Å². The van der Waals surface area contributed by atoms with E-state index in [1.165, 1.54) is 6.33 Å². The number of hydrogen-bond donors (Lipinski definition) is 3. The van der Waals surface area contributed by atoms with Crippen molar-refractivity contribution in [1.82, 2.24) is 15.2 Å². The number of benzene rings is 2. The predicted octanol–water partition coefficient (Wildman–Crippen LogP) is 2.26. The maximum absolute atomic E-state index is 12.3. The molecule has 2 aromatic carbocycles. The molecule has 0 bridgehead atoms. The van der Waals surface area contributed by atoms with Crippen LogP contribution in [0.2, 0.25) is 0 Å². The Kier molecular flexibility index (Phi) is 4.44. The van der Waals surface area contributed by atoms with Crippen LogP contribution in [0, 0.1) is 0 Å². The second kappa shape index (κ2) is 6.85. The Morgan fingerprint density at radius 1 is 1.17 bits per heavy atom. The van der Waals surface area contributed by atoms with Gasteiger partial charge in [0.25, 0.3) is 5.91 Å². The third kappa shape index (κ3) is 3.61. The lowest BCUT2D eigenvalue weighted by Gasteiger charge is -2.07. The zero-order valence-electron chi connectivity index (χ0n) is 12.4. The van der Waals surface area contributed by atoms with Crippen molar-refractivity contribution in [3.8, 4) is 11.4 Å². The normalized spacial score (nSPS) is 10.5. The summed E-state index contributed by atoms with van der Waals surface area (Å²) in [5.74, 6) is 0.425. The molecule has 0 aliphatic rings. The number of aromatic nitrogens is 3. The topological polar surface area (TPSA) is 90.9 Å². The van der Waals surface area contributed by atoms with Crippen LogP contribution in [0.1, 0.15) is 15.9 Å². The van der Waals surface area contributed by atoms with Crippen molar-refractivity contribution in [3.05, 3.63) is 66.0 Å². The Bertz CT molecular complexity index is 783. The summed E-state index contributed by atoms with van der Waals surface area (Å²) in [4.78, 5) is 16.4. The largest absolute Gasteiger partial charge is 0.396 e. The van der Waals surface area contributed by atoms with Gasteiger partial charge in [-0.15, -0.1) is 0 Å². The zero-order chi connectivity index (χ0) is 16.1. The molecule has 3 aromatic rings. The average molecular weight is 308 g/mol. The molecule has 0 aliphatic carbocycles. The molecule has 0 saturated carbocycles. The van der Waals surface area contributed by atoms with Crippen LogP contribution in [0.5, 0.6) is 0 Å². The standard InChI is InChI=1S/C17H16N4O2/c22-9-8-12-4-6-15(7-5-12)20-17(23)14-3-1-2-13(10-14)16-18-11-19-21-16/h1-7,10-11,22H,8-9H2,(H,20,23)(H,18,19,21). The number of hydrogen-bond acceptors (Lipinski definition) is 4. The third-order valence-corrected chi connectivity index (χ3v) is 3.43. The lowest BCUT2D eigenvalue weighted by atomic mass is 10.1. The second-order valence-electron chi connectivity index (χ2n) is 5.04. The summed E-state index contributed by atoms with van der Waals surface area (Å²) < 4.78 is 0. The molecule has 3 N–H and O–H groups in total. The van der Waals surface area contributed by atoms with Crippen molar-refractivity contribution in [2.24, 2.45) is 0 Å². The number of aliphatic hydroxyl groups is 1. The molecule has 0 aliphatic heterocycles. The van der Waals surface area contributed by atoms with Crippen LogP contribution in [-0.4, -0.2) is 32.8 Å². The van der Waals surface area contributed by atoms with Crippen LogP contribution >= 0.6 is 0 Å². The van der Waals surface area contributed by atoms with Crippen molar-refractivity contribution < 1.29 is 9.90 Å².